The van der Waals surface area contributed by atoms with E-state index in [-0.39, 0.29) is 0 Å². The van der Waals surface area contributed by atoms with Crippen LogP contribution in [-0.4, -0.2) is 0 Å². The van der Waals surface area contributed by atoms with Crippen molar-refractivity contribution in [1.82, 2.24) is 5.32 Å². The van der Waals surface area contributed by atoms with E-state index in [4.69, 9.17) is 11.6 Å². The SMILES string of the molecule is ClCc1ccc(CNCc2cccc(Br)c2)cc1. The molecule has 2 aromatic carbocycles. The lowest BCUT2D eigenvalue weighted by Gasteiger charge is -2.06. The molecule has 0 aliphatic carbocycles. The van der Waals surface area contributed by atoms with Gasteiger partial charge in [0.1, 0.15) is 0 Å². The maximum Gasteiger partial charge on any atom is 0.0474 e. The van der Waals surface area contributed by atoms with Gasteiger partial charge in [-0.3, -0.25) is 0 Å². The lowest BCUT2D eigenvalue weighted by molar-refractivity contribution is 0.693. The predicted octanol–water partition coefficient (Wildman–Crippen LogP) is 4.48. The molecule has 1 N–H and O–H groups in total. The molecule has 0 fully saturated rings. The van der Waals surface area contributed by atoms with Crippen LogP contribution >= 0.6 is 27.5 Å². The number of nitrogens with one attached hydrogen (secondary N) is 1. The first-order chi connectivity index (χ1) is 8.78. The maximum atomic E-state index is 5.76. The summed E-state index contributed by atoms with van der Waals surface area (Å²) in [5, 5.41) is 3.43. The van der Waals surface area contributed by atoms with Gasteiger partial charge in [0.25, 0.3) is 0 Å². The van der Waals surface area contributed by atoms with E-state index in [2.05, 4.69) is 63.7 Å². The van der Waals surface area contributed by atoms with Gasteiger partial charge in [-0.25, -0.2) is 0 Å². The quantitative estimate of drug-likeness (QED) is 0.800. The van der Waals surface area contributed by atoms with Crippen molar-refractivity contribution >= 4 is 27.5 Å². The van der Waals surface area contributed by atoms with E-state index in [1.807, 2.05) is 6.07 Å². The van der Waals surface area contributed by atoms with Crippen molar-refractivity contribution in [2.45, 2.75) is 19.0 Å². The molecule has 0 aliphatic rings. The zero-order valence-electron chi connectivity index (χ0n) is 10.00. The average Bonchev–Trinajstić information content (AvgIpc) is 2.40. The molecule has 0 amide bonds. The number of alkyl halides is 1. The van der Waals surface area contributed by atoms with Crippen LogP contribution in [0.25, 0.3) is 0 Å². The van der Waals surface area contributed by atoms with Gasteiger partial charge in [-0.05, 0) is 28.8 Å². The minimum Gasteiger partial charge on any atom is -0.309 e. The molecule has 0 radical (unpaired) electrons. The average molecular weight is 325 g/mol. The van der Waals surface area contributed by atoms with E-state index >= 15 is 0 Å². The summed E-state index contributed by atoms with van der Waals surface area (Å²) in [5.74, 6) is 0.575. The molecule has 18 heavy (non-hydrogen) atoms. The number of benzene rings is 2. The van der Waals surface area contributed by atoms with Crippen molar-refractivity contribution < 1.29 is 0 Å². The molecule has 0 heterocycles. The molecule has 0 saturated heterocycles. The Balaban J connectivity index is 1.84. The summed E-state index contributed by atoms with van der Waals surface area (Å²) >= 11 is 9.23. The number of halogens is 2. The van der Waals surface area contributed by atoms with Gasteiger partial charge in [0.15, 0.2) is 0 Å². The standard InChI is InChI=1S/C15H15BrClN/c16-15-3-1-2-14(8-15)11-18-10-13-6-4-12(9-17)5-7-13/h1-8,18H,9-11H2. The van der Waals surface area contributed by atoms with Crippen LogP contribution in [0.15, 0.2) is 53.0 Å². The Bertz CT molecular complexity index is 496. The molecule has 94 valence electrons. The van der Waals surface area contributed by atoms with Gasteiger partial charge >= 0.3 is 0 Å². The number of hydrogen-bond acceptors (Lipinski definition) is 1. The van der Waals surface area contributed by atoms with Gasteiger partial charge in [0.2, 0.25) is 0 Å². The molecule has 0 aromatic heterocycles. The fourth-order valence-corrected chi connectivity index (χ4v) is 2.37. The largest absolute Gasteiger partial charge is 0.309 e. The molecule has 0 bridgehead atoms. The molecule has 0 spiro atoms. The Kier molecular flexibility index (Phi) is 5.24. The molecule has 0 aliphatic heterocycles. The lowest BCUT2D eigenvalue weighted by atomic mass is 10.1. The molecular formula is C15H15BrClN. The van der Waals surface area contributed by atoms with Crippen LogP contribution in [0.2, 0.25) is 0 Å². The van der Waals surface area contributed by atoms with Crippen LogP contribution in [0.3, 0.4) is 0 Å². The highest BCUT2D eigenvalue weighted by molar-refractivity contribution is 9.10. The minimum absolute atomic E-state index is 0.575. The monoisotopic (exact) mass is 323 g/mol. The van der Waals surface area contributed by atoms with Crippen molar-refractivity contribution in [2.75, 3.05) is 0 Å². The Labute approximate surface area is 121 Å². The van der Waals surface area contributed by atoms with Gasteiger partial charge in [0.05, 0.1) is 0 Å². The molecule has 2 rings (SSSR count). The van der Waals surface area contributed by atoms with Crippen molar-refractivity contribution in [3.8, 4) is 0 Å². The maximum absolute atomic E-state index is 5.76. The highest BCUT2D eigenvalue weighted by Crippen LogP contribution is 2.12. The fraction of sp³-hybridized carbons (Fsp3) is 0.200. The summed E-state index contributed by atoms with van der Waals surface area (Å²) in [6.07, 6.45) is 0. The lowest BCUT2D eigenvalue weighted by Crippen LogP contribution is -2.12. The second-order valence-corrected chi connectivity index (χ2v) is 5.37. The molecule has 1 nitrogen and oxygen atoms in total. The summed E-state index contributed by atoms with van der Waals surface area (Å²) < 4.78 is 1.12. The van der Waals surface area contributed by atoms with Crippen LogP contribution in [0.4, 0.5) is 0 Å². The van der Waals surface area contributed by atoms with E-state index in [9.17, 15) is 0 Å². The zero-order valence-corrected chi connectivity index (χ0v) is 12.3. The first kappa shape index (κ1) is 13.6. The summed E-state index contributed by atoms with van der Waals surface area (Å²) in [7, 11) is 0. The first-order valence-corrected chi connectivity index (χ1v) is 7.19. The summed E-state index contributed by atoms with van der Waals surface area (Å²) in [6.45, 7) is 1.74. The van der Waals surface area contributed by atoms with E-state index in [1.165, 1.54) is 11.1 Å². The van der Waals surface area contributed by atoms with E-state index in [0.717, 1.165) is 23.1 Å². The Hall–Kier alpha value is -0.830. The molecule has 0 atom stereocenters. The Morgan fingerprint density at radius 2 is 1.56 bits per heavy atom. The topological polar surface area (TPSA) is 12.0 Å². The van der Waals surface area contributed by atoms with Crippen molar-refractivity contribution in [3.63, 3.8) is 0 Å². The highest BCUT2D eigenvalue weighted by atomic mass is 79.9. The van der Waals surface area contributed by atoms with Gasteiger partial charge in [-0.1, -0.05) is 52.3 Å². The molecule has 0 saturated carbocycles. The first-order valence-electron chi connectivity index (χ1n) is 5.87. The van der Waals surface area contributed by atoms with Crippen LogP contribution < -0.4 is 5.32 Å². The van der Waals surface area contributed by atoms with Crippen molar-refractivity contribution in [1.29, 1.82) is 0 Å². The molecule has 2 aromatic rings. The van der Waals surface area contributed by atoms with Gasteiger partial charge in [-0.2, -0.15) is 0 Å². The number of hydrogen-bond donors (Lipinski definition) is 1. The normalized spacial score (nSPS) is 10.6. The predicted molar refractivity (Wildman–Crippen MR) is 80.7 cm³/mol. The number of rotatable bonds is 5. The zero-order chi connectivity index (χ0) is 12.8. The van der Waals surface area contributed by atoms with Crippen LogP contribution in [0.1, 0.15) is 16.7 Å². The third-order valence-corrected chi connectivity index (χ3v) is 3.53. The van der Waals surface area contributed by atoms with Crippen LogP contribution in [0, 0.1) is 0 Å². The molecular weight excluding hydrogens is 310 g/mol. The second-order valence-electron chi connectivity index (χ2n) is 4.18. The van der Waals surface area contributed by atoms with Gasteiger partial charge in [0, 0.05) is 23.4 Å². The smallest absolute Gasteiger partial charge is 0.0474 e. The van der Waals surface area contributed by atoms with Gasteiger partial charge in [-0.15, -0.1) is 11.6 Å². The third-order valence-electron chi connectivity index (χ3n) is 2.72. The molecule has 0 unspecified atom stereocenters. The van der Waals surface area contributed by atoms with Crippen LogP contribution in [0.5, 0.6) is 0 Å². The third kappa shape index (κ3) is 4.13. The Morgan fingerprint density at radius 1 is 0.889 bits per heavy atom. The summed E-state index contributed by atoms with van der Waals surface area (Å²) in [6, 6.07) is 16.7. The van der Waals surface area contributed by atoms with Crippen LogP contribution in [-0.2, 0) is 19.0 Å². The highest BCUT2D eigenvalue weighted by Gasteiger charge is 1.96. The van der Waals surface area contributed by atoms with Crippen molar-refractivity contribution in [2.24, 2.45) is 0 Å². The van der Waals surface area contributed by atoms with E-state index < -0.39 is 0 Å². The summed E-state index contributed by atoms with van der Waals surface area (Å²) in [4.78, 5) is 0. The fourth-order valence-electron chi connectivity index (χ4n) is 1.74. The second kappa shape index (κ2) is 6.93. The molecule has 3 heteroatoms. The Morgan fingerprint density at radius 3 is 2.22 bits per heavy atom. The van der Waals surface area contributed by atoms with E-state index in [1.54, 1.807) is 0 Å². The van der Waals surface area contributed by atoms with Gasteiger partial charge < -0.3 is 5.32 Å². The van der Waals surface area contributed by atoms with E-state index in [0.29, 0.717) is 5.88 Å². The summed E-state index contributed by atoms with van der Waals surface area (Å²) in [5.41, 5.74) is 3.72. The van der Waals surface area contributed by atoms with Crippen molar-refractivity contribution in [3.05, 3.63) is 69.7 Å². The minimum atomic E-state index is 0.575.